The summed E-state index contributed by atoms with van der Waals surface area (Å²) in [5, 5.41) is 8.09. The monoisotopic (exact) mass is 257 g/mol. The van der Waals surface area contributed by atoms with Gasteiger partial charge in [0.2, 0.25) is 5.89 Å². The molecule has 0 aliphatic rings. The number of fused-ring (bicyclic) bond motifs is 1. The molecule has 2 aromatic heterocycles. The molecule has 0 unspecified atom stereocenters. The average molecular weight is 257 g/mol. The molecule has 0 amide bonds. The molecule has 0 spiro atoms. The van der Waals surface area contributed by atoms with Gasteiger partial charge in [0.05, 0.1) is 11.7 Å². The topological polar surface area (TPSA) is 82.8 Å². The van der Waals surface area contributed by atoms with Crippen molar-refractivity contribution < 1.29 is 4.42 Å². The van der Waals surface area contributed by atoms with E-state index in [2.05, 4.69) is 15.3 Å². The first-order valence-electron chi connectivity index (χ1n) is 6.06. The van der Waals surface area contributed by atoms with Crippen molar-refractivity contribution in [1.82, 2.24) is 20.0 Å². The normalized spacial score (nSPS) is 12.2. The highest BCUT2D eigenvalue weighted by molar-refractivity contribution is 5.72. The first kappa shape index (κ1) is 11.9. The van der Waals surface area contributed by atoms with Crippen molar-refractivity contribution in [2.24, 2.45) is 5.73 Å². The van der Waals surface area contributed by atoms with Gasteiger partial charge < -0.3 is 10.2 Å². The van der Waals surface area contributed by atoms with Gasteiger partial charge in [-0.1, -0.05) is 17.3 Å². The van der Waals surface area contributed by atoms with Crippen molar-refractivity contribution in [2.75, 3.05) is 0 Å². The molecule has 3 rings (SSSR count). The lowest BCUT2D eigenvalue weighted by molar-refractivity contribution is 0.485. The maximum Gasteiger partial charge on any atom is 0.217 e. The van der Waals surface area contributed by atoms with Crippen molar-refractivity contribution in [2.45, 2.75) is 25.9 Å². The highest BCUT2D eigenvalue weighted by Gasteiger charge is 2.18. The van der Waals surface area contributed by atoms with Crippen LogP contribution in [0.1, 0.15) is 25.4 Å². The number of nitrogens with zero attached hydrogens (tertiary/aromatic N) is 4. The van der Waals surface area contributed by atoms with E-state index in [1.807, 2.05) is 44.3 Å². The van der Waals surface area contributed by atoms with Crippen LogP contribution in [0.2, 0.25) is 0 Å². The molecule has 1 aromatic carbocycles. The summed E-state index contributed by atoms with van der Waals surface area (Å²) in [6.45, 7) is 4.22. The highest BCUT2D eigenvalue weighted by atomic mass is 16.3. The van der Waals surface area contributed by atoms with E-state index < -0.39 is 5.54 Å². The average Bonchev–Trinajstić information content (AvgIpc) is 2.94. The molecule has 19 heavy (non-hydrogen) atoms. The highest BCUT2D eigenvalue weighted by Crippen LogP contribution is 2.16. The van der Waals surface area contributed by atoms with Crippen LogP contribution in [0, 0.1) is 0 Å². The van der Waals surface area contributed by atoms with Gasteiger partial charge in [-0.15, -0.1) is 5.10 Å². The molecular formula is C13H15N5O. The van der Waals surface area contributed by atoms with Crippen LogP contribution in [0.3, 0.4) is 0 Å². The minimum atomic E-state index is -0.500. The van der Waals surface area contributed by atoms with Crippen LogP contribution in [-0.4, -0.2) is 20.0 Å². The van der Waals surface area contributed by atoms with Gasteiger partial charge in [0.1, 0.15) is 17.8 Å². The Hall–Kier alpha value is -2.21. The molecule has 6 nitrogen and oxygen atoms in total. The number of para-hydroxylation sites is 2. The lowest BCUT2D eigenvalue weighted by Gasteiger charge is -2.13. The van der Waals surface area contributed by atoms with E-state index in [9.17, 15) is 0 Å². The molecule has 0 atom stereocenters. The van der Waals surface area contributed by atoms with Crippen LogP contribution in [0.4, 0.5) is 0 Å². The van der Waals surface area contributed by atoms with E-state index in [0.29, 0.717) is 12.4 Å². The fraction of sp³-hybridized carbons (Fsp3) is 0.308. The van der Waals surface area contributed by atoms with Gasteiger partial charge in [-0.05, 0) is 26.0 Å². The number of hydrogen-bond acceptors (Lipinski definition) is 5. The predicted molar refractivity (Wildman–Crippen MR) is 70.3 cm³/mol. The molecule has 0 radical (unpaired) electrons. The van der Waals surface area contributed by atoms with E-state index in [0.717, 1.165) is 16.8 Å². The molecule has 98 valence electrons. The Balaban J connectivity index is 1.86. The second kappa shape index (κ2) is 4.17. The van der Waals surface area contributed by atoms with Gasteiger partial charge >= 0.3 is 0 Å². The number of aromatic nitrogens is 4. The number of rotatable bonds is 3. The molecule has 2 heterocycles. The summed E-state index contributed by atoms with van der Waals surface area (Å²) in [6.07, 6.45) is 1.81. The van der Waals surface area contributed by atoms with Crippen LogP contribution in [0.5, 0.6) is 0 Å². The van der Waals surface area contributed by atoms with Gasteiger partial charge in [0.15, 0.2) is 5.58 Å². The van der Waals surface area contributed by atoms with E-state index in [1.54, 1.807) is 4.68 Å². The van der Waals surface area contributed by atoms with Crippen molar-refractivity contribution in [3.8, 4) is 0 Å². The molecule has 6 heteroatoms. The Kier molecular flexibility index (Phi) is 2.60. The van der Waals surface area contributed by atoms with Crippen molar-refractivity contribution in [3.05, 3.63) is 42.0 Å². The molecule has 0 fully saturated rings. The van der Waals surface area contributed by atoms with Crippen LogP contribution < -0.4 is 5.73 Å². The molecule has 0 saturated carbocycles. The summed E-state index contributed by atoms with van der Waals surface area (Å²) in [4.78, 5) is 4.39. The van der Waals surface area contributed by atoms with Gasteiger partial charge in [-0.25, -0.2) is 9.67 Å². The number of hydrogen-bond donors (Lipinski definition) is 1. The van der Waals surface area contributed by atoms with E-state index in [1.165, 1.54) is 0 Å². The fourth-order valence-electron chi connectivity index (χ4n) is 1.80. The zero-order chi connectivity index (χ0) is 13.5. The van der Waals surface area contributed by atoms with Crippen molar-refractivity contribution in [3.63, 3.8) is 0 Å². The molecular weight excluding hydrogens is 242 g/mol. The smallest absolute Gasteiger partial charge is 0.217 e. The Morgan fingerprint density at radius 1 is 1.32 bits per heavy atom. The summed E-state index contributed by atoms with van der Waals surface area (Å²) in [6, 6.07) is 7.65. The Morgan fingerprint density at radius 3 is 2.79 bits per heavy atom. The second-order valence-electron chi connectivity index (χ2n) is 5.10. The number of oxazole rings is 1. The number of nitrogens with two attached hydrogens (primary N) is 1. The molecule has 0 aliphatic heterocycles. The van der Waals surface area contributed by atoms with Crippen LogP contribution in [-0.2, 0) is 12.1 Å². The Bertz CT molecular complexity index is 674. The summed E-state index contributed by atoms with van der Waals surface area (Å²) in [5.74, 6) is 0.604. The third kappa shape index (κ3) is 2.34. The summed E-state index contributed by atoms with van der Waals surface area (Å²) in [7, 11) is 0. The maximum absolute atomic E-state index is 5.97. The SMILES string of the molecule is CC(C)(N)c1cn(Cc2nc3ccccc3o2)nn1. The fourth-order valence-corrected chi connectivity index (χ4v) is 1.80. The zero-order valence-electron chi connectivity index (χ0n) is 10.9. The second-order valence-corrected chi connectivity index (χ2v) is 5.10. The van der Waals surface area contributed by atoms with Gasteiger partial charge in [0.25, 0.3) is 0 Å². The summed E-state index contributed by atoms with van der Waals surface area (Å²) in [5.41, 5.74) is 7.83. The summed E-state index contributed by atoms with van der Waals surface area (Å²) < 4.78 is 7.31. The molecule has 0 bridgehead atoms. The molecule has 2 N–H and O–H groups in total. The minimum absolute atomic E-state index is 0.442. The van der Waals surface area contributed by atoms with Crippen molar-refractivity contribution >= 4 is 11.1 Å². The van der Waals surface area contributed by atoms with Crippen LogP contribution in [0.15, 0.2) is 34.9 Å². The Labute approximate surface area is 110 Å². The van der Waals surface area contributed by atoms with Crippen LogP contribution in [0.25, 0.3) is 11.1 Å². The van der Waals surface area contributed by atoms with Gasteiger partial charge in [0, 0.05) is 0 Å². The largest absolute Gasteiger partial charge is 0.439 e. The van der Waals surface area contributed by atoms with Crippen LogP contribution >= 0.6 is 0 Å². The first-order chi connectivity index (χ1) is 9.02. The first-order valence-corrected chi connectivity index (χ1v) is 6.06. The van der Waals surface area contributed by atoms with Gasteiger partial charge in [-0.2, -0.15) is 0 Å². The molecule has 0 aliphatic carbocycles. The Morgan fingerprint density at radius 2 is 2.11 bits per heavy atom. The molecule has 3 aromatic rings. The zero-order valence-corrected chi connectivity index (χ0v) is 10.9. The third-order valence-electron chi connectivity index (χ3n) is 2.83. The minimum Gasteiger partial charge on any atom is -0.439 e. The molecule has 0 saturated heterocycles. The number of benzene rings is 1. The van der Waals surface area contributed by atoms with E-state index >= 15 is 0 Å². The lowest BCUT2D eigenvalue weighted by atomic mass is 10.0. The quantitative estimate of drug-likeness (QED) is 0.771. The maximum atomic E-state index is 5.97. The standard InChI is InChI=1S/C13H15N5O/c1-13(2,14)11-7-18(17-16-11)8-12-15-9-5-3-4-6-10(9)19-12/h3-7H,8,14H2,1-2H3. The third-order valence-corrected chi connectivity index (χ3v) is 2.83. The van der Waals surface area contributed by atoms with Gasteiger partial charge in [-0.3, -0.25) is 0 Å². The lowest BCUT2D eigenvalue weighted by Crippen LogP contribution is -2.29. The predicted octanol–water partition coefficient (Wildman–Crippen LogP) is 1.66. The summed E-state index contributed by atoms with van der Waals surface area (Å²) >= 11 is 0. The van der Waals surface area contributed by atoms with E-state index in [-0.39, 0.29) is 0 Å². The van der Waals surface area contributed by atoms with E-state index in [4.69, 9.17) is 10.2 Å². The van der Waals surface area contributed by atoms with Crippen molar-refractivity contribution in [1.29, 1.82) is 0 Å².